The van der Waals surface area contributed by atoms with Gasteiger partial charge in [0, 0.05) is 51.6 Å². The lowest BCUT2D eigenvalue weighted by Crippen LogP contribution is -2.45. The number of imidazole rings is 1. The summed E-state index contributed by atoms with van der Waals surface area (Å²) in [6, 6.07) is 0.0287. The number of carbonyl (C=O) groups excluding carboxylic acids is 1. The van der Waals surface area contributed by atoms with Crippen molar-refractivity contribution in [3.05, 3.63) is 18.2 Å². The lowest BCUT2D eigenvalue weighted by molar-refractivity contribution is 0.157. The SMILES string of the molecule is COCCNC(=O)N1CCC(Cn2ccnc2C(C)C)CC1. The molecule has 22 heavy (non-hydrogen) atoms. The van der Waals surface area contributed by atoms with Gasteiger partial charge < -0.3 is 19.5 Å². The first-order chi connectivity index (χ1) is 10.6. The van der Waals surface area contributed by atoms with Crippen molar-refractivity contribution in [3.63, 3.8) is 0 Å². The first-order valence-corrected chi connectivity index (χ1v) is 8.14. The van der Waals surface area contributed by atoms with Crippen molar-refractivity contribution < 1.29 is 9.53 Å². The van der Waals surface area contributed by atoms with Crippen LogP contribution in [0.1, 0.15) is 38.4 Å². The number of rotatable bonds is 6. The number of nitrogens with zero attached hydrogens (tertiary/aromatic N) is 3. The molecule has 1 aliphatic rings. The van der Waals surface area contributed by atoms with Crippen LogP contribution in [0, 0.1) is 5.92 Å². The third-order valence-electron chi connectivity index (χ3n) is 4.20. The summed E-state index contributed by atoms with van der Waals surface area (Å²) in [4.78, 5) is 18.3. The summed E-state index contributed by atoms with van der Waals surface area (Å²) in [6.07, 6.45) is 6.05. The number of nitrogens with one attached hydrogen (secondary N) is 1. The quantitative estimate of drug-likeness (QED) is 0.819. The number of hydrogen-bond donors (Lipinski definition) is 1. The van der Waals surface area contributed by atoms with Crippen molar-refractivity contribution >= 4 is 6.03 Å². The highest BCUT2D eigenvalue weighted by molar-refractivity contribution is 5.74. The standard InChI is InChI=1S/C16H28N4O2/c1-13(2)15-17-6-10-20(15)12-14-4-8-19(9-5-14)16(21)18-7-11-22-3/h6,10,13-14H,4-5,7-9,11-12H2,1-3H3,(H,18,21). The van der Waals surface area contributed by atoms with Gasteiger partial charge in [-0.25, -0.2) is 9.78 Å². The molecular weight excluding hydrogens is 280 g/mol. The van der Waals surface area contributed by atoms with Crippen LogP contribution in [0.3, 0.4) is 0 Å². The van der Waals surface area contributed by atoms with Crippen molar-refractivity contribution in [2.24, 2.45) is 5.92 Å². The first-order valence-electron chi connectivity index (χ1n) is 8.14. The number of piperidine rings is 1. The maximum absolute atomic E-state index is 12.0. The summed E-state index contributed by atoms with van der Waals surface area (Å²) in [5.41, 5.74) is 0. The Bertz CT molecular complexity index is 464. The van der Waals surface area contributed by atoms with Crippen molar-refractivity contribution in [3.8, 4) is 0 Å². The lowest BCUT2D eigenvalue weighted by Gasteiger charge is -2.32. The molecule has 6 heteroatoms. The van der Waals surface area contributed by atoms with E-state index in [4.69, 9.17) is 4.74 Å². The smallest absolute Gasteiger partial charge is 0.317 e. The maximum atomic E-state index is 12.0. The molecular formula is C16H28N4O2. The molecule has 0 spiro atoms. The molecule has 1 fully saturated rings. The first kappa shape index (κ1) is 16.8. The fourth-order valence-corrected chi connectivity index (χ4v) is 2.94. The van der Waals surface area contributed by atoms with Crippen LogP contribution in [-0.2, 0) is 11.3 Å². The predicted octanol–water partition coefficient (Wildman–Crippen LogP) is 2.07. The van der Waals surface area contributed by atoms with Crippen molar-refractivity contribution in [2.75, 3.05) is 33.4 Å². The van der Waals surface area contributed by atoms with Gasteiger partial charge in [0.25, 0.3) is 0 Å². The molecule has 6 nitrogen and oxygen atoms in total. The van der Waals surface area contributed by atoms with Gasteiger partial charge in [-0.3, -0.25) is 0 Å². The van der Waals surface area contributed by atoms with Gasteiger partial charge in [-0.15, -0.1) is 0 Å². The number of carbonyl (C=O) groups is 1. The van der Waals surface area contributed by atoms with Gasteiger partial charge in [0.2, 0.25) is 0 Å². The minimum absolute atomic E-state index is 0.0287. The zero-order valence-electron chi connectivity index (χ0n) is 13.9. The van der Waals surface area contributed by atoms with Gasteiger partial charge in [0.1, 0.15) is 5.82 Å². The summed E-state index contributed by atoms with van der Waals surface area (Å²) in [7, 11) is 1.64. The van der Waals surface area contributed by atoms with Gasteiger partial charge in [0.05, 0.1) is 6.61 Å². The van der Waals surface area contributed by atoms with Crippen LogP contribution in [0.15, 0.2) is 12.4 Å². The fraction of sp³-hybridized carbons (Fsp3) is 0.750. The summed E-state index contributed by atoms with van der Waals surface area (Å²) in [5.74, 6) is 2.22. The number of amides is 2. The molecule has 0 radical (unpaired) electrons. The average Bonchev–Trinajstić information content (AvgIpc) is 2.96. The summed E-state index contributed by atoms with van der Waals surface area (Å²) < 4.78 is 7.21. The van der Waals surface area contributed by atoms with Gasteiger partial charge in [-0.05, 0) is 18.8 Å². The van der Waals surface area contributed by atoms with E-state index in [1.807, 2.05) is 11.1 Å². The van der Waals surface area contributed by atoms with Crippen LogP contribution in [0.5, 0.6) is 0 Å². The van der Waals surface area contributed by atoms with Crippen LogP contribution in [0.2, 0.25) is 0 Å². The second-order valence-electron chi connectivity index (χ2n) is 6.25. The zero-order valence-corrected chi connectivity index (χ0v) is 13.9. The van der Waals surface area contributed by atoms with Crippen LogP contribution in [0.25, 0.3) is 0 Å². The van der Waals surface area contributed by atoms with Crippen LogP contribution >= 0.6 is 0 Å². The molecule has 0 aromatic carbocycles. The topological polar surface area (TPSA) is 59.4 Å². The molecule has 0 saturated carbocycles. The summed E-state index contributed by atoms with van der Waals surface area (Å²) in [5, 5.41) is 2.88. The van der Waals surface area contributed by atoms with Gasteiger partial charge in [-0.1, -0.05) is 13.8 Å². The van der Waals surface area contributed by atoms with Crippen molar-refractivity contribution in [1.82, 2.24) is 19.8 Å². The van der Waals surface area contributed by atoms with Gasteiger partial charge in [0.15, 0.2) is 0 Å². The summed E-state index contributed by atoms with van der Waals surface area (Å²) >= 11 is 0. The Morgan fingerprint density at radius 1 is 1.45 bits per heavy atom. The van der Waals surface area contributed by atoms with Crippen LogP contribution < -0.4 is 5.32 Å². The molecule has 1 aromatic rings. The molecule has 1 N–H and O–H groups in total. The van der Waals surface area contributed by atoms with E-state index in [1.165, 1.54) is 0 Å². The Hall–Kier alpha value is -1.56. The molecule has 0 aliphatic carbocycles. The highest BCUT2D eigenvalue weighted by Gasteiger charge is 2.23. The third kappa shape index (κ3) is 4.47. The molecule has 1 aliphatic heterocycles. The number of hydrogen-bond acceptors (Lipinski definition) is 3. The fourth-order valence-electron chi connectivity index (χ4n) is 2.94. The Kier molecular flexibility index (Phi) is 6.24. The minimum Gasteiger partial charge on any atom is -0.383 e. The molecule has 124 valence electrons. The monoisotopic (exact) mass is 308 g/mol. The second-order valence-corrected chi connectivity index (χ2v) is 6.25. The van der Waals surface area contributed by atoms with E-state index in [0.29, 0.717) is 25.0 Å². The van der Waals surface area contributed by atoms with E-state index in [2.05, 4.69) is 34.9 Å². The number of urea groups is 1. The molecule has 2 heterocycles. The number of ether oxygens (including phenoxy) is 1. The van der Waals surface area contributed by atoms with E-state index in [1.54, 1.807) is 7.11 Å². The van der Waals surface area contributed by atoms with E-state index >= 15 is 0 Å². The van der Waals surface area contributed by atoms with E-state index in [-0.39, 0.29) is 6.03 Å². The minimum atomic E-state index is 0.0287. The highest BCUT2D eigenvalue weighted by Crippen LogP contribution is 2.21. The molecule has 0 atom stereocenters. The maximum Gasteiger partial charge on any atom is 0.317 e. The molecule has 2 rings (SSSR count). The number of likely N-dealkylation sites (tertiary alicyclic amines) is 1. The third-order valence-corrected chi connectivity index (χ3v) is 4.20. The molecule has 1 aromatic heterocycles. The van der Waals surface area contributed by atoms with Crippen molar-refractivity contribution in [1.29, 1.82) is 0 Å². The Labute approximate surface area is 132 Å². The Balaban J connectivity index is 1.77. The van der Waals surface area contributed by atoms with Gasteiger partial charge >= 0.3 is 6.03 Å². The predicted molar refractivity (Wildman–Crippen MR) is 85.9 cm³/mol. The van der Waals surface area contributed by atoms with E-state index in [9.17, 15) is 4.79 Å². The van der Waals surface area contributed by atoms with Crippen molar-refractivity contribution in [2.45, 2.75) is 39.2 Å². The van der Waals surface area contributed by atoms with E-state index < -0.39 is 0 Å². The van der Waals surface area contributed by atoms with Crippen LogP contribution in [0.4, 0.5) is 4.79 Å². The Morgan fingerprint density at radius 2 is 2.18 bits per heavy atom. The largest absolute Gasteiger partial charge is 0.383 e. The highest BCUT2D eigenvalue weighted by atomic mass is 16.5. The number of aromatic nitrogens is 2. The second kappa shape index (κ2) is 8.17. The normalized spacial score (nSPS) is 16.3. The molecule has 1 saturated heterocycles. The molecule has 0 bridgehead atoms. The molecule has 2 amide bonds. The van der Waals surface area contributed by atoms with E-state index in [0.717, 1.165) is 38.3 Å². The summed E-state index contributed by atoms with van der Waals surface area (Å²) in [6.45, 7) is 8.14. The molecule has 0 unspecified atom stereocenters. The Morgan fingerprint density at radius 3 is 2.82 bits per heavy atom. The number of methoxy groups -OCH3 is 1. The zero-order chi connectivity index (χ0) is 15.9. The van der Waals surface area contributed by atoms with Gasteiger partial charge in [-0.2, -0.15) is 0 Å². The lowest BCUT2D eigenvalue weighted by atomic mass is 9.96. The van der Waals surface area contributed by atoms with Crippen LogP contribution in [-0.4, -0.2) is 53.8 Å². The average molecular weight is 308 g/mol.